The lowest BCUT2D eigenvalue weighted by atomic mass is 9.77. The predicted molar refractivity (Wildman–Crippen MR) is 115 cm³/mol. The predicted octanol–water partition coefficient (Wildman–Crippen LogP) is 0.967. The van der Waals surface area contributed by atoms with Crippen molar-refractivity contribution in [3.05, 3.63) is 40.6 Å². The van der Waals surface area contributed by atoms with E-state index in [4.69, 9.17) is 21.7 Å². The van der Waals surface area contributed by atoms with Crippen LogP contribution in [0, 0.1) is 5.92 Å². The third-order valence-corrected chi connectivity index (χ3v) is 7.02. The van der Waals surface area contributed by atoms with Crippen LogP contribution in [0.3, 0.4) is 0 Å². The molecule has 1 aromatic carbocycles. The van der Waals surface area contributed by atoms with Gasteiger partial charge in [0.25, 0.3) is 0 Å². The first kappa shape index (κ1) is 19.6. The fourth-order valence-electron chi connectivity index (χ4n) is 4.39. The van der Waals surface area contributed by atoms with Crippen LogP contribution in [0.5, 0.6) is 11.5 Å². The monoisotopic (exact) mass is 447 g/mol. The zero-order valence-electron chi connectivity index (χ0n) is 15.9. The molecular weight excluding hydrogens is 426 g/mol. The SMILES string of the molecule is O=C(NCc1cccs1)[C@H]1C[C@@H](O)[C@H](O)[C@H]2NC(=S)N(c3ccc4c(c3)OCO4)[C@@H]21. The normalized spacial score (nSPS) is 29.5. The molecule has 5 atom stereocenters. The number of nitrogens with one attached hydrogen (secondary N) is 2. The van der Waals surface area contributed by atoms with Gasteiger partial charge in [-0.25, -0.2) is 0 Å². The number of hydrogen-bond acceptors (Lipinski definition) is 7. The van der Waals surface area contributed by atoms with Gasteiger partial charge in [-0.1, -0.05) is 6.07 Å². The summed E-state index contributed by atoms with van der Waals surface area (Å²) in [5.74, 6) is 0.514. The summed E-state index contributed by atoms with van der Waals surface area (Å²) in [5.41, 5.74) is 0.740. The first-order chi connectivity index (χ1) is 14.5. The van der Waals surface area contributed by atoms with Gasteiger partial charge < -0.3 is 35.2 Å². The molecule has 3 aliphatic rings. The van der Waals surface area contributed by atoms with E-state index in [1.54, 1.807) is 17.4 Å². The number of benzene rings is 1. The topological polar surface area (TPSA) is 103 Å². The smallest absolute Gasteiger partial charge is 0.231 e. The molecule has 3 heterocycles. The Labute approximate surface area is 182 Å². The Morgan fingerprint density at radius 2 is 2.13 bits per heavy atom. The van der Waals surface area contributed by atoms with Crippen molar-refractivity contribution in [1.29, 1.82) is 0 Å². The highest BCUT2D eigenvalue weighted by molar-refractivity contribution is 7.80. The van der Waals surface area contributed by atoms with Gasteiger partial charge >= 0.3 is 0 Å². The molecule has 0 bridgehead atoms. The van der Waals surface area contributed by atoms with Crippen LogP contribution in [0.4, 0.5) is 5.69 Å². The van der Waals surface area contributed by atoms with Crippen molar-refractivity contribution in [3.8, 4) is 11.5 Å². The van der Waals surface area contributed by atoms with E-state index in [0.29, 0.717) is 23.2 Å². The first-order valence-electron chi connectivity index (χ1n) is 9.68. The molecule has 1 saturated carbocycles. The maximum Gasteiger partial charge on any atom is 0.231 e. The van der Waals surface area contributed by atoms with Gasteiger partial charge in [-0.15, -0.1) is 11.3 Å². The number of carbonyl (C=O) groups excluding carboxylic acids is 1. The summed E-state index contributed by atoms with van der Waals surface area (Å²) in [7, 11) is 0. The maximum atomic E-state index is 13.1. The van der Waals surface area contributed by atoms with Crippen LogP contribution >= 0.6 is 23.6 Å². The number of fused-ring (bicyclic) bond motifs is 2. The van der Waals surface area contributed by atoms with E-state index in [1.807, 2.05) is 34.5 Å². The summed E-state index contributed by atoms with van der Waals surface area (Å²) in [5, 5.41) is 29.4. The first-order valence-corrected chi connectivity index (χ1v) is 11.0. The van der Waals surface area contributed by atoms with Crippen LogP contribution in [0.25, 0.3) is 0 Å². The molecule has 10 heteroatoms. The Morgan fingerprint density at radius 3 is 2.93 bits per heavy atom. The van der Waals surface area contributed by atoms with E-state index in [0.717, 1.165) is 10.6 Å². The number of carbonyl (C=O) groups is 1. The molecular formula is C20H21N3O5S2. The number of anilines is 1. The second-order valence-electron chi connectivity index (χ2n) is 7.57. The van der Waals surface area contributed by atoms with Crippen molar-refractivity contribution in [2.75, 3.05) is 11.7 Å². The summed E-state index contributed by atoms with van der Waals surface area (Å²) >= 11 is 7.11. The van der Waals surface area contributed by atoms with Crippen LogP contribution in [0.15, 0.2) is 35.7 Å². The molecule has 1 amide bonds. The lowest BCUT2D eigenvalue weighted by Crippen LogP contribution is -2.60. The summed E-state index contributed by atoms with van der Waals surface area (Å²) < 4.78 is 10.9. The van der Waals surface area contributed by atoms with Gasteiger partial charge in [0.15, 0.2) is 16.6 Å². The van der Waals surface area contributed by atoms with Crippen LogP contribution in [0.1, 0.15) is 11.3 Å². The van der Waals surface area contributed by atoms with E-state index in [-0.39, 0.29) is 19.1 Å². The number of ether oxygens (including phenoxy) is 2. The maximum absolute atomic E-state index is 13.1. The fraction of sp³-hybridized carbons (Fsp3) is 0.400. The average Bonchev–Trinajstić information content (AvgIpc) is 3.47. The van der Waals surface area contributed by atoms with Crippen molar-refractivity contribution >= 4 is 40.3 Å². The van der Waals surface area contributed by atoms with Gasteiger partial charge in [0.2, 0.25) is 12.7 Å². The van der Waals surface area contributed by atoms with Crippen molar-refractivity contribution < 1.29 is 24.5 Å². The highest BCUT2D eigenvalue weighted by atomic mass is 32.1. The number of thiophene rings is 1. The van der Waals surface area contributed by atoms with E-state index in [9.17, 15) is 15.0 Å². The summed E-state index contributed by atoms with van der Waals surface area (Å²) in [4.78, 5) is 16.0. The van der Waals surface area contributed by atoms with Gasteiger partial charge in [-0.2, -0.15) is 0 Å². The molecule has 158 valence electrons. The average molecular weight is 448 g/mol. The molecule has 4 N–H and O–H groups in total. The lowest BCUT2D eigenvalue weighted by molar-refractivity contribution is -0.131. The third-order valence-electron chi connectivity index (χ3n) is 5.83. The van der Waals surface area contributed by atoms with E-state index < -0.39 is 30.2 Å². The molecule has 8 nitrogen and oxygen atoms in total. The quantitative estimate of drug-likeness (QED) is 0.514. The lowest BCUT2D eigenvalue weighted by Gasteiger charge is -2.41. The van der Waals surface area contributed by atoms with Crippen LogP contribution in [0.2, 0.25) is 0 Å². The minimum absolute atomic E-state index is 0.143. The molecule has 1 saturated heterocycles. The number of rotatable bonds is 4. The Morgan fingerprint density at radius 1 is 1.30 bits per heavy atom. The summed E-state index contributed by atoms with van der Waals surface area (Å²) in [6.45, 7) is 0.580. The van der Waals surface area contributed by atoms with Gasteiger partial charge in [0.05, 0.1) is 30.7 Å². The highest BCUT2D eigenvalue weighted by Gasteiger charge is 2.54. The van der Waals surface area contributed by atoms with Crippen molar-refractivity contribution in [2.24, 2.45) is 5.92 Å². The number of aliphatic hydroxyl groups is 2. The van der Waals surface area contributed by atoms with Crippen LogP contribution < -0.4 is 25.0 Å². The standard InChI is InChI=1S/C20H21N3O5S2/c24-13-7-12(19(26)21-8-11-2-1-5-30-11)17-16(18(13)25)22-20(29)23(17)10-3-4-14-15(6-10)28-9-27-14/h1-6,12-13,16-18,24-25H,7-9H2,(H,21,26)(H,22,29)/t12-,13+,16-,17+,18-/m0/s1. The van der Waals surface area contributed by atoms with Crippen molar-refractivity contribution in [3.63, 3.8) is 0 Å². The summed E-state index contributed by atoms with van der Waals surface area (Å²) in [6, 6.07) is 8.34. The minimum atomic E-state index is -1.03. The number of nitrogens with zero attached hydrogens (tertiary/aromatic N) is 1. The second kappa shape index (κ2) is 7.69. The highest BCUT2D eigenvalue weighted by Crippen LogP contribution is 2.41. The Hall–Kier alpha value is -2.40. The molecule has 30 heavy (non-hydrogen) atoms. The van der Waals surface area contributed by atoms with Crippen molar-refractivity contribution in [2.45, 2.75) is 37.3 Å². The van der Waals surface area contributed by atoms with E-state index in [2.05, 4.69) is 10.6 Å². The molecule has 5 rings (SSSR count). The molecule has 2 aromatic rings. The van der Waals surface area contributed by atoms with E-state index >= 15 is 0 Å². The molecule has 1 aliphatic carbocycles. The number of thiocarbonyl (C=S) groups is 1. The molecule has 2 fully saturated rings. The zero-order valence-corrected chi connectivity index (χ0v) is 17.5. The minimum Gasteiger partial charge on any atom is -0.454 e. The van der Waals surface area contributed by atoms with E-state index in [1.165, 1.54) is 0 Å². The third kappa shape index (κ3) is 3.29. The van der Waals surface area contributed by atoms with Gasteiger partial charge in [0, 0.05) is 16.6 Å². The fourth-order valence-corrected chi connectivity index (χ4v) is 5.40. The largest absolute Gasteiger partial charge is 0.454 e. The molecule has 1 aromatic heterocycles. The molecule has 0 unspecified atom stereocenters. The van der Waals surface area contributed by atoms with Crippen molar-refractivity contribution in [1.82, 2.24) is 10.6 Å². The molecule has 0 radical (unpaired) electrons. The number of hydrogen-bond donors (Lipinski definition) is 4. The number of aliphatic hydroxyl groups excluding tert-OH is 2. The Bertz CT molecular complexity index is 969. The van der Waals surface area contributed by atoms with Crippen LogP contribution in [-0.2, 0) is 11.3 Å². The molecule has 0 spiro atoms. The van der Waals surface area contributed by atoms with Crippen LogP contribution in [-0.4, -0.2) is 52.3 Å². The zero-order chi connectivity index (χ0) is 20.8. The Balaban J connectivity index is 1.44. The van der Waals surface area contributed by atoms with Gasteiger partial charge in [0.1, 0.15) is 6.10 Å². The van der Waals surface area contributed by atoms with Gasteiger partial charge in [-0.3, -0.25) is 4.79 Å². The Kier molecular flexibility index (Phi) is 5.02. The second-order valence-corrected chi connectivity index (χ2v) is 8.99. The molecule has 2 aliphatic heterocycles. The number of amides is 1. The van der Waals surface area contributed by atoms with Gasteiger partial charge in [-0.05, 0) is 42.2 Å². The summed E-state index contributed by atoms with van der Waals surface area (Å²) in [6.07, 6.45) is -1.91.